The summed E-state index contributed by atoms with van der Waals surface area (Å²) in [6.07, 6.45) is -4.48. The zero-order valence-corrected chi connectivity index (χ0v) is 8.55. The van der Waals surface area contributed by atoms with Crippen LogP contribution in [0.5, 0.6) is 10.9 Å². The van der Waals surface area contributed by atoms with Gasteiger partial charge in [-0.15, -0.1) is 5.10 Å². The molecule has 0 unspecified atom stereocenters. The van der Waals surface area contributed by atoms with Crippen LogP contribution in [-0.2, 0) is 6.18 Å². The number of halogens is 3. The molecule has 3 nitrogen and oxygen atoms in total. The Morgan fingerprint density at radius 1 is 1.06 bits per heavy atom. The van der Waals surface area contributed by atoms with Crippen molar-refractivity contribution < 1.29 is 17.9 Å². The summed E-state index contributed by atoms with van der Waals surface area (Å²) in [5, 5.41) is 5.16. The lowest BCUT2D eigenvalue weighted by Gasteiger charge is -1.99. The predicted molar refractivity (Wildman–Crippen MR) is 51.4 cm³/mol. The number of hydrogen-bond acceptors (Lipinski definition) is 4. The number of aromatic nitrogens is 2. The van der Waals surface area contributed by atoms with Gasteiger partial charge < -0.3 is 4.74 Å². The first-order valence-corrected chi connectivity index (χ1v) is 5.01. The number of benzene rings is 1. The standard InChI is InChI=1S/C9H5F3N2OS/c10-9(11,12)7-13-14-8(16-7)15-6-4-2-1-3-5-6/h1-5H. The first-order chi connectivity index (χ1) is 7.55. The number of hydrogen-bond donors (Lipinski definition) is 0. The third-order valence-corrected chi connectivity index (χ3v) is 2.44. The smallest absolute Gasteiger partial charge is 0.430 e. The number of alkyl halides is 3. The Balaban J connectivity index is 2.15. The van der Waals surface area contributed by atoms with Crippen molar-refractivity contribution in [2.45, 2.75) is 6.18 Å². The maximum absolute atomic E-state index is 12.2. The molecule has 0 saturated heterocycles. The van der Waals surface area contributed by atoms with E-state index < -0.39 is 11.2 Å². The Morgan fingerprint density at radius 2 is 1.75 bits per heavy atom. The van der Waals surface area contributed by atoms with Crippen molar-refractivity contribution in [2.24, 2.45) is 0 Å². The molecule has 0 fully saturated rings. The highest BCUT2D eigenvalue weighted by Crippen LogP contribution is 2.35. The number of ether oxygens (including phenoxy) is 1. The minimum Gasteiger partial charge on any atom is -0.430 e. The minimum atomic E-state index is -4.48. The Hall–Kier alpha value is -1.63. The molecule has 0 amide bonds. The van der Waals surface area contributed by atoms with Gasteiger partial charge in [0.25, 0.3) is 5.19 Å². The van der Waals surface area contributed by atoms with Crippen LogP contribution in [0.3, 0.4) is 0 Å². The first-order valence-electron chi connectivity index (χ1n) is 4.19. The zero-order chi connectivity index (χ0) is 11.6. The molecule has 1 aromatic carbocycles. The summed E-state index contributed by atoms with van der Waals surface area (Å²) in [4.78, 5) is 0. The molecule has 0 N–H and O–H groups in total. The molecule has 1 heterocycles. The van der Waals surface area contributed by atoms with Crippen LogP contribution in [0.2, 0.25) is 0 Å². The summed E-state index contributed by atoms with van der Waals surface area (Å²) in [7, 11) is 0. The van der Waals surface area contributed by atoms with E-state index in [9.17, 15) is 13.2 Å². The molecule has 0 saturated carbocycles. The fraction of sp³-hybridized carbons (Fsp3) is 0.111. The van der Waals surface area contributed by atoms with E-state index in [0.29, 0.717) is 17.1 Å². The van der Waals surface area contributed by atoms with Gasteiger partial charge in [-0.05, 0) is 12.1 Å². The van der Waals surface area contributed by atoms with Crippen molar-refractivity contribution in [3.8, 4) is 10.9 Å². The lowest BCUT2D eigenvalue weighted by Crippen LogP contribution is -2.03. The molecule has 0 bridgehead atoms. The average Bonchev–Trinajstić information content (AvgIpc) is 2.67. The van der Waals surface area contributed by atoms with Gasteiger partial charge in [-0.25, -0.2) is 0 Å². The van der Waals surface area contributed by atoms with Gasteiger partial charge in [0.15, 0.2) is 0 Å². The molecular weight excluding hydrogens is 241 g/mol. The van der Waals surface area contributed by atoms with Gasteiger partial charge in [-0.3, -0.25) is 0 Å². The molecule has 1 aromatic heterocycles. The molecular formula is C9H5F3N2OS. The summed E-state index contributed by atoms with van der Waals surface area (Å²) in [6.45, 7) is 0. The zero-order valence-electron chi connectivity index (χ0n) is 7.73. The number of rotatable bonds is 2. The molecule has 84 valence electrons. The maximum Gasteiger partial charge on any atom is 0.445 e. The monoisotopic (exact) mass is 246 g/mol. The van der Waals surface area contributed by atoms with Crippen molar-refractivity contribution in [2.75, 3.05) is 0 Å². The Kier molecular flexibility index (Phi) is 2.78. The van der Waals surface area contributed by atoms with Gasteiger partial charge >= 0.3 is 6.18 Å². The molecule has 0 aliphatic rings. The lowest BCUT2D eigenvalue weighted by molar-refractivity contribution is -0.138. The second kappa shape index (κ2) is 4.09. The third-order valence-electron chi connectivity index (χ3n) is 1.60. The van der Waals surface area contributed by atoms with Gasteiger partial charge in [-0.2, -0.15) is 13.2 Å². The SMILES string of the molecule is FC(F)(F)c1nnc(Oc2ccccc2)s1. The highest BCUT2D eigenvalue weighted by molar-refractivity contribution is 7.13. The molecule has 0 radical (unpaired) electrons. The van der Waals surface area contributed by atoms with Gasteiger partial charge in [0.05, 0.1) is 0 Å². The fourth-order valence-electron chi connectivity index (χ4n) is 0.955. The number of nitrogens with zero attached hydrogens (tertiary/aromatic N) is 2. The van der Waals surface area contributed by atoms with E-state index in [4.69, 9.17) is 4.74 Å². The van der Waals surface area contributed by atoms with Gasteiger partial charge in [0.1, 0.15) is 5.75 Å². The summed E-state index contributed by atoms with van der Waals surface area (Å²) in [6, 6.07) is 8.43. The highest BCUT2D eigenvalue weighted by atomic mass is 32.1. The fourth-order valence-corrected chi connectivity index (χ4v) is 1.54. The van der Waals surface area contributed by atoms with E-state index in [0.717, 1.165) is 0 Å². The lowest BCUT2D eigenvalue weighted by atomic mass is 10.3. The second-order valence-electron chi connectivity index (χ2n) is 2.79. The summed E-state index contributed by atoms with van der Waals surface area (Å²) in [5.74, 6) is 0.423. The molecule has 0 spiro atoms. The van der Waals surface area contributed by atoms with E-state index in [-0.39, 0.29) is 5.19 Å². The Bertz CT molecular complexity index is 469. The van der Waals surface area contributed by atoms with Crippen LogP contribution in [-0.4, -0.2) is 10.2 Å². The summed E-state index contributed by atoms with van der Waals surface area (Å²) < 4.78 is 41.7. The topological polar surface area (TPSA) is 35.0 Å². The van der Waals surface area contributed by atoms with Gasteiger partial charge in [0, 0.05) is 0 Å². The predicted octanol–water partition coefficient (Wildman–Crippen LogP) is 3.35. The van der Waals surface area contributed by atoms with Crippen LogP contribution < -0.4 is 4.74 Å². The summed E-state index contributed by atoms with van der Waals surface area (Å²) >= 11 is 0.365. The van der Waals surface area contributed by atoms with E-state index in [1.54, 1.807) is 30.3 Å². The van der Waals surface area contributed by atoms with Crippen LogP contribution in [0.15, 0.2) is 30.3 Å². The van der Waals surface area contributed by atoms with Crippen LogP contribution >= 0.6 is 11.3 Å². The van der Waals surface area contributed by atoms with Gasteiger partial charge in [-0.1, -0.05) is 34.6 Å². The number of para-hydroxylation sites is 1. The largest absolute Gasteiger partial charge is 0.445 e. The Morgan fingerprint density at radius 3 is 2.31 bits per heavy atom. The van der Waals surface area contributed by atoms with Crippen molar-refractivity contribution in [1.82, 2.24) is 10.2 Å². The second-order valence-corrected chi connectivity index (χ2v) is 3.73. The van der Waals surface area contributed by atoms with Gasteiger partial charge in [0.2, 0.25) is 5.01 Å². The average molecular weight is 246 g/mol. The van der Waals surface area contributed by atoms with E-state index in [1.807, 2.05) is 0 Å². The van der Waals surface area contributed by atoms with Crippen molar-refractivity contribution >= 4 is 11.3 Å². The minimum absolute atomic E-state index is 0.126. The van der Waals surface area contributed by atoms with Crippen LogP contribution in [0.25, 0.3) is 0 Å². The van der Waals surface area contributed by atoms with E-state index >= 15 is 0 Å². The summed E-state index contributed by atoms with van der Waals surface area (Å²) in [5.41, 5.74) is 0. The molecule has 0 atom stereocenters. The molecule has 7 heteroatoms. The maximum atomic E-state index is 12.2. The highest BCUT2D eigenvalue weighted by Gasteiger charge is 2.36. The van der Waals surface area contributed by atoms with Crippen LogP contribution in [0.1, 0.15) is 5.01 Å². The molecule has 16 heavy (non-hydrogen) atoms. The van der Waals surface area contributed by atoms with Crippen LogP contribution in [0.4, 0.5) is 13.2 Å². The van der Waals surface area contributed by atoms with E-state index in [2.05, 4.69) is 10.2 Å². The quantitative estimate of drug-likeness (QED) is 0.815. The van der Waals surface area contributed by atoms with E-state index in [1.165, 1.54) is 0 Å². The molecule has 2 aromatic rings. The van der Waals surface area contributed by atoms with Crippen molar-refractivity contribution in [3.63, 3.8) is 0 Å². The molecule has 0 aliphatic heterocycles. The molecule has 2 rings (SSSR count). The molecule has 0 aliphatic carbocycles. The Labute approximate surface area is 92.5 Å². The van der Waals surface area contributed by atoms with Crippen molar-refractivity contribution in [1.29, 1.82) is 0 Å². The normalized spacial score (nSPS) is 11.4. The van der Waals surface area contributed by atoms with Crippen LogP contribution in [0, 0.1) is 0 Å². The first kappa shape index (κ1) is 10.9. The van der Waals surface area contributed by atoms with Crippen molar-refractivity contribution in [3.05, 3.63) is 35.3 Å². The third kappa shape index (κ3) is 2.48.